The molecule has 1 aromatic rings. The number of likely N-dealkylation sites (tertiary alicyclic amines) is 1. The second-order valence-electron chi connectivity index (χ2n) is 6.44. The molecule has 0 saturated carbocycles. The van der Waals surface area contributed by atoms with Gasteiger partial charge in [-0.3, -0.25) is 4.90 Å². The maximum atomic E-state index is 5.56. The van der Waals surface area contributed by atoms with E-state index in [1.807, 2.05) is 7.05 Å². The molecule has 0 amide bonds. The summed E-state index contributed by atoms with van der Waals surface area (Å²) in [5, 5.41) is 3.48. The minimum atomic E-state index is 0.313. The van der Waals surface area contributed by atoms with E-state index < -0.39 is 0 Å². The number of hydrogen-bond acceptors (Lipinski definition) is 3. The van der Waals surface area contributed by atoms with Crippen LogP contribution in [-0.2, 0) is 0 Å². The second kappa shape index (κ2) is 7.28. The third-order valence-electron chi connectivity index (χ3n) is 5.03. The number of ether oxygens (including phenoxy) is 1. The van der Waals surface area contributed by atoms with Crippen molar-refractivity contribution < 1.29 is 4.74 Å². The van der Waals surface area contributed by atoms with E-state index in [2.05, 4.69) is 49.2 Å². The lowest BCUT2D eigenvalue weighted by Gasteiger charge is -2.40. The van der Waals surface area contributed by atoms with E-state index in [1.165, 1.54) is 30.5 Å². The molecular weight excluding hydrogens is 260 g/mol. The van der Waals surface area contributed by atoms with Crippen LogP contribution in [0.25, 0.3) is 0 Å². The maximum absolute atomic E-state index is 5.56. The number of aryl methyl sites for hydroxylation is 1. The summed E-state index contributed by atoms with van der Waals surface area (Å²) in [6, 6.07) is 7.41. The summed E-state index contributed by atoms with van der Waals surface area (Å²) < 4.78 is 5.56. The van der Waals surface area contributed by atoms with Gasteiger partial charge in [0.2, 0.25) is 0 Å². The number of benzene rings is 1. The summed E-state index contributed by atoms with van der Waals surface area (Å²) >= 11 is 0. The number of nitrogens with zero attached hydrogens (tertiary/aromatic N) is 1. The first-order chi connectivity index (χ1) is 10.1. The Labute approximate surface area is 129 Å². The number of methoxy groups -OCH3 is 1. The van der Waals surface area contributed by atoms with Gasteiger partial charge >= 0.3 is 0 Å². The predicted molar refractivity (Wildman–Crippen MR) is 89.0 cm³/mol. The Hall–Kier alpha value is -1.06. The van der Waals surface area contributed by atoms with Gasteiger partial charge in [-0.15, -0.1) is 0 Å². The molecule has 0 radical (unpaired) electrons. The van der Waals surface area contributed by atoms with Gasteiger partial charge in [-0.1, -0.05) is 24.6 Å². The van der Waals surface area contributed by atoms with Crippen LogP contribution in [0.4, 0.5) is 0 Å². The van der Waals surface area contributed by atoms with Crippen molar-refractivity contribution in [3.05, 3.63) is 29.3 Å². The molecule has 1 N–H and O–H groups in total. The standard InChI is InChI=1S/C18H30N2O/c1-13-8-9-18(21-5)16(11-13)17(19-4)12-20-10-6-7-14(2)15(20)3/h8-9,11,14-15,17,19H,6-7,10,12H2,1-5H3. The third-order valence-corrected chi connectivity index (χ3v) is 5.03. The van der Waals surface area contributed by atoms with Crippen LogP contribution in [0.2, 0.25) is 0 Å². The van der Waals surface area contributed by atoms with Crippen LogP contribution in [-0.4, -0.2) is 38.2 Å². The maximum Gasteiger partial charge on any atom is 0.123 e. The highest BCUT2D eigenvalue weighted by atomic mass is 16.5. The predicted octanol–water partition coefficient (Wildman–Crippen LogP) is 3.38. The molecule has 0 spiro atoms. The van der Waals surface area contributed by atoms with Gasteiger partial charge in [0.15, 0.2) is 0 Å². The van der Waals surface area contributed by atoms with E-state index in [-0.39, 0.29) is 0 Å². The molecule has 3 atom stereocenters. The molecule has 1 saturated heterocycles. The highest BCUT2D eigenvalue weighted by Crippen LogP contribution is 2.30. The number of hydrogen-bond donors (Lipinski definition) is 1. The van der Waals surface area contributed by atoms with Crippen molar-refractivity contribution in [3.63, 3.8) is 0 Å². The van der Waals surface area contributed by atoms with Crippen molar-refractivity contribution in [1.82, 2.24) is 10.2 Å². The quantitative estimate of drug-likeness (QED) is 0.899. The largest absolute Gasteiger partial charge is 0.496 e. The zero-order valence-electron chi connectivity index (χ0n) is 14.1. The minimum absolute atomic E-state index is 0.313. The summed E-state index contributed by atoms with van der Waals surface area (Å²) in [6.45, 7) is 9.13. The molecule has 3 unspecified atom stereocenters. The zero-order chi connectivity index (χ0) is 15.4. The Kier molecular flexibility index (Phi) is 5.65. The number of piperidine rings is 1. The third kappa shape index (κ3) is 3.78. The Bertz CT molecular complexity index is 461. The van der Waals surface area contributed by atoms with Crippen molar-refractivity contribution in [1.29, 1.82) is 0 Å². The lowest BCUT2D eigenvalue weighted by atomic mass is 9.91. The first-order valence-electron chi connectivity index (χ1n) is 8.12. The number of likely N-dealkylation sites (N-methyl/N-ethyl adjacent to an activating group) is 1. The van der Waals surface area contributed by atoms with E-state index >= 15 is 0 Å². The first kappa shape index (κ1) is 16.3. The van der Waals surface area contributed by atoms with Crippen LogP contribution < -0.4 is 10.1 Å². The van der Waals surface area contributed by atoms with Crippen molar-refractivity contribution in [2.45, 2.75) is 45.7 Å². The fourth-order valence-corrected chi connectivity index (χ4v) is 3.38. The SMILES string of the molecule is CNC(CN1CCCC(C)C1C)c1cc(C)ccc1OC. The molecule has 0 aliphatic carbocycles. The summed E-state index contributed by atoms with van der Waals surface area (Å²) in [5.41, 5.74) is 2.55. The molecule has 3 nitrogen and oxygen atoms in total. The topological polar surface area (TPSA) is 24.5 Å². The van der Waals surface area contributed by atoms with Crippen LogP contribution in [0.1, 0.15) is 43.9 Å². The van der Waals surface area contributed by atoms with Gasteiger partial charge in [0.25, 0.3) is 0 Å². The molecule has 1 fully saturated rings. The summed E-state index contributed by atoms with van der Waals surface area (Å²) in [5.74, 6) is 1.77. The Morgan fingerprint density at radius 1 is 1.38 bits per heavy atom. The normalized spacial score (nSPS) is 24.8. The van der Waals surface area contributed by atoms with Crippen LogP contribution in [0.5, 0.6) is 5.75 Å². The second-order valence-corrected chi connectivity index (χ2v) is 6.44. The van der Waals surface area contributed by atoms with Gasteiger partial charge in [-0.25, -0.2) is 0 Å². The van der Waals surface area contributed by atoms with Gasteiger partial charge in [-0.05, 0) is 52.3 Å². The van der Waals surface area contributed by atoms with Crippen molar-refractivity contribution in [2.75, 3.05) is 27.2 Å². The molecule has 1 aliphatic rings. The van der Waals surface area contributed by atoms with Gasteiger partial charge in [0.05, 0.1) is 7.11 Å². The molecule has 0 aromatic heterocycles. The summed E-state index contributed by atoms with van der Waals surface area (Å²) in [7, 11) is 3.80. The molecule has 2 rings (SSSR count). The molecule has 21 heavy (non-hydrogen) atoms. The zero-order valence-corrected chi connectivity index (χ0v) is 14.1. The van der Waals surface area contributed by atoms with Gasteiger partial charge in [0, 0.05) is 24.2 Å². The molecule has 0 bridgehead atoms. The number of nitrogens with one attached hydrogen (secondary N) is 1. The lowest BCUT2D eigenvalue weighted by molar-refractivity contribution is 0.102. The molecule has 1 aliphatic heterocycles. The van der Waals surface area contributed by atoms with Gasteiger partial charge in [-0.2, -0.15) is 0 Å². The highest BCUT2D eigenvalue weighted by Gasteiger charge is 2.27. The van der Waals surface area contributed by atoms with Crippen LogP contribution in [0.3, 0.4) is 0 Å². The Morgan fingerprint density at radius 3 is 2.81 bits per heavy atom. The van der Waals surface area contributed by atoms with E-state index in [1.54, 1.807) is 7.11 Å². The van der Waals surface area contributed by atoms with Crippen molar-refractivity contribution in [2.24, 2.45) is 5.92 Å². The van der Waals surface area contributed by atoms with E-state index in [4.69, 9.17) is 4.74 Å². The average molecular weight is 290 g/mol. The monoisotopic (exact) mass is 290 g/mol. The smallest absolute Gasteiger partial charge is 0.123 e. The summed E-state index contributed by atoms with van der Waals surface area (Å²) in [6.07, 6.45) is 2.67. The van der Waals surface area contributed by atoms with E-state index in [0.717, 1.165) is 18.2 Å². The minimum Gasteiger partial charge on any atom is -0.496 e. The fourth-order valence-electron chi connectivity index (χ4n) is 3.38. The summed E-state index contributed by atoms with van der Waals surface area (Å²) in [4.78, 5) is 2.62. The van der Waals surface area contributed by atoms with Crippen molar-refractivity contribution >= 4 is 0 Å². The van der Waals surface area contributed by atoms with Crippen molar-refractivity contribution in [3.8, 4) is 5.75 Å². The van der Waals surface area contributed by atoms with Gasteiger partial charge < -0.3 is 10.1 Å². The molecule has 118 valence electrons. The highest BCUT2D eigenvalue weighted by molar-refractivity contribution is 5.39. The Morgan fingerprint density at radius 2 is 2.14 bits per heavy atom. The number of rotatable bonds is 5. The molecule has 1 aromatic carbocycles. The lowest BCUT2D eigenvalue weighted by Crippen LogP contribution is -2.46. The Balaban J connectivity index is 2.18. The molecule has 3 heteroatoms. The fraction of sp³-hybridized carbons (Fsp3) is 0.667. The molecular formula is C18H30N2O. The van der Waals surface area contributed by atoms with E-state index in [9.17, 15) is 0 Å². The van der Waals surface area contributed by atoms with E-state index in [0.29, 0.717) is 12.1 Å². The first-order valence-corrected chi connectivity index (χ1v) is 8.12. The van der Waals surface area contributed by atoms with Crippen LogP contribution in [0, 0.1) is 12.8 Å². The van der Waals surface area contributed by atoms with Gasteiger partial charge in [0.1, 0.15) is 5.75 Å². The van der Waals surface area contributed by atoms with Crippen LogP contribution in [0.15, 0.2) is 18.2 Å². The average Bonchev–Trinajstić information content (AvgIpc) is 2.49. The molecule has 1 heterocycles. The van der Waals surface area contributed by atoms with Crippen LogP contribution >= 0.6 is 0 Å².